The summed E-state index contributed by atoms with van der Waals surface area (Å²) in [7, 11) is 0. The molecule has 0 N–H and O–H groups in total. The molecule has 1 saturated heterocycles. The number of hydrogen-bond donors (Lipinski definition) is 0. The van der Waals surface area contributed by atoms with E-state index >= 15 is 0 Å². The van der Waals surface area contributed by atoms with Crippen LogP contribution in [-0.4, -0.2) is 26.3 Å². The van der Waals surface area contributed by atoms with E-state index in [1.54, 1.807) is 13.0 Å². The van der Waals surface area contributed by atoms with E-state index < -0.39 is 6.43 Å². The summed E-state index contributed by atoms with van der Waals surface area (Å²) >= 11 is 0. The number of halogens is 2. The Morgan fingerprint density at radius 1 is 1.25 bits per heavy atom. The third kappa shape index (κ3) is 2.32. The van der Waals surface area contributed by atoms with Crippen LogP contribution in [-0.2, 0) is 4.74 Å². The van der Waals surface area contributed by atoms with Gasteiger partial charge in [0.25, 0.3) is 6.43 Å². The van der Waals surface area contributed by atoms with Crippen LogP contribution in [0.25, 0.3) is 0 Å². The minimum atomic E-state index is -2.39. The van der Waals surface area contributed by atoms with E-state index in [1.165, 1.54) is 6.07 Å². The molecule has 0 bridgehead atoms. The second-order valence-corrected chi connectivity index (χ2v) is 3.94. The van der Waals surface area contributed by atoms with Crippen molar-refractivity contribution in [2.75, 3.05) is 31.2 Å². The highest BCUT2D eigenvalue weighted by Gasteiger charge is 2.14. The first-order valence-electron chi connectivity index (χ1n) is 5.40. The number of ether oxygens (including phenoxy) is 1. The largest absolute Gasteiger partial charge is 0.378 e. The van der Waals surface area contributed by atoms with E-state index in [0.29, 0.717) is 18.8 Å². The van der Waals surface area contributed by atoms with Crippen molar-refractivity contribution < 1.29 is 13.5 Å². The van der Waals surface area contributed by atoms with Crippen LogP contribution in [0.1, 0.15) is 17.6 Å². The van der Waals surface area contributed by atoms with Crippen molar-refractivity contribution in [1.29, 1.82) is 0 Å². The molecule has 0 atom stereocenters. The summed E-state index contributed by atoms with van der Waals surface area (Å²) in [6.07, 6.45) is -2.39. The number of morpholine rings is 1. The zero-order valence-corrected chi connectivity index (χ0v) is 9.25. The fourth-order valence-corrected chi connectivity index (χ4v) is 1.92. The number of rotatable bonds is 2. The molecule has 0 aromatic heterocycles. The molecule has 1 aromatic carbocycles. The summed E-state index contributed by atoms with van der Waals surface area (Å²) in [5.74, 6) is 0. The lowest BCUT2D eigenvalue weighted by atomic mass is 10.1. The maximum absolute atomic E-state index is 12.6. The van der Waals surface area contributed by atoms with Crippen LogP contribution in [0.3, 0.4) is 0 Å². The van der Waals surface area contributed by atoms with Gasteiger partial charge in [0.15, 0.2) is 0 Å². The Labute approximate surface area is 93.8 Å². The van der Waals surface area contributed by atoms with Crippen molar-refractivity contribution in [1.82, 2.24) is 0 Å². The first-order valence-corrected chi connectivity index (χ1v) is 5.40. The molecule has 0 radical (unpaired) electrons. The lowest BCUT2D eigenvalue weighted by Gasteiger charge is -2.29. The van der Waals surface area contributed by atoms with E-state index in [4.69, 9.17) is 4.74 Å². The van der Waals surface area contributed by atoms with Gasteiger partial charge in [-0.15, -0.1) is 0 Å². The summed E-state index contributed by atoms with van der Waals surface area (Å²) < 4.78 is 30.4. The molecule has 88 valence electrons. The van der Waals surface area contributed by atoms with Crippen LogP contribution in [0.2, 0.25) is 0 Å². The minimum Gasteiger partial charge on any atom is -0.378 e. The van der Waals surface area contributed by atoms with E-state index in [0.717, 1.165) is 18.8 Å². The molecular weight excluding hydrogens is 212 g/mol. The van der Waals surface area contributed by atoms with Crippen LogP contribution in [0, 0.1) is 6.92 Å². The first kappa shape index (κ1) is 11.3. The molecule has 2 rings (SSSR count). The Morgan fingerprint density at radius 3 is 2.50 bits per heavy atom. The first-order chi connectivity index (χ1) is 7.68. The van der Waals surface area contributed by atoms with E-state index in [-0.39, 0.29) is 5.56 Å². The van der Waals surface area contributed by atoms with Crippen LogP contribution in [0.5, 0.6) is 0 Å². The highest BCUT2D eigenvalue weighted by Crippen LogP contribution is 2.26. The van der Waals surface area contributed by atoms with Crippen molar-refractivity contribution in [2.45, 2.75) is 13.3 Å². The molecule has 16 heavy (non-hydrogen) atoms. The van der Waals surface area contributed by atoms with Gasteiger partial charge >= 0.3 is 0 Å². The number of hydrogen-bond acceptors (Lipinski definition) is 2. The van der Waals surface area contributed by atoms with Gasteiger partial charge in [-0.3, -0.25) is 0 Å². The summed E-state index contributed by atoms with van der Waals surface area (Å²) in [4.78, 5) is 2.16. The van der Waals surface area contributed by atoms with E-state index in [1.807, 2.05) is 6.07 Å². The quantitative estimate of drug-likeness (QED) is 0.770. The molecule has 4 heteroatoms. The third-order valence-electron chi connectivity index (χ3n) is 2.86. The number of nitrogens with zero attached hydrogens (tertiary/aromatic N) is 1. The van der Waals surface area contributed by atoms with Gasteiger partial charge in [-0.1, -0.05) is 6.07 Å². The number of anilines is 1. The van der Waals surface area contributed by atoms with Gasteiger partial charge < -0.3 is 9.64 Å². The second-order valence-electron chi connectivity index (χ2n) is 3.94. The molecule has 0 saturated carbocycles. The van der Waals surface area contributed by atoms with Crippen molar-refractivity contribution in [3.05, 3.63) is 29.3 Å². The molecule has 0 spiro atoms. The zero-order valence-electron chi connectivity index (χ0n) is 9.25. The van der Waals surface area contributed by atoms with Gasteiger partial charge in [-0.2, -0.15) is 0 Å². The summed E-state index contributed by atoms with van der Waals surface area (Å²) in [5, 5.41) is 0. The summed E-state index contributed by atoms with van der Waals surface area (Å²) in [6.45, 7) is 4.79. The van der Waals surface area contributed by atoms with Crippen molar-refractivity contribution in [2.24, 2.45) is 0 Å². The number of aryl methyl sites for hydroxylation is 1. The Bertz CT molecular complexity index is 362. The lowest BCUT2D eigenvalue weighted by molar-refractivity contribution is 0.122. The second kappa shape index (κ2) is 4.78. The summed E-state index contributed by atoms with van der Waals surface area (Å²) in [5.41, 5.74) is 1.78. The Morgan fingerprint density at radius 2 is 1.94 bits per heavy atom. The summed E-state index contributed by atoms with van der Waals surface area (Å²) in [6, 6.07) is 5.11. The van der Waals surface area contributed by atoms with Crippen molar-refractivity contribution in [3.63, 3.8) is 0 Å². The van der Waals surface area contributed by atoms with Crippen molar-refractivity contribution >= 4 is 5.69 Å². The third-order valence-corrected chi connectivity index (χ3v) is 2.86. The molecule has 1 aliphatic heterocycles. The van der Waals surface area contributed by atoms with Gasteiger partial charge in [-0.25, -0.2) is 8.78 Å². The van der Waals surface area contributed by atoms with E-state index in [9.17, 15) is 8.78 Å². The van der Waals surface area contributed by atoms with Crippen LogP contribution in [0.4, 0.5) is 14.5 Å². The predicted molar refractivity (Wildman–Crippen MR) is 59.2 cm³/mol. The molecule has 0 aliphatic carbocycles. The average molecular weight is 227 g/mol. The molecule has 0 amide bonds. The molecule has 2 nitrogen and oxygen atoms in total. The highest BCUT2D eigenvalue weighted by molar-refractivity contribution is 5.51. The molecule has 1 aliphatic rings. The number of benzene rings is 1. The Hall–Kier alpha value is -1.16. The van der Waals surface area contributed by atoms with Gasteiger partial charge in [-0.05, 0) is 24.6 Å². The maximum atomic E-state index is 12.6. The fourth-order valence-electron chi connectivity index (χ4n) is 1.92. The predicted octanol–water partition coefficient (Wildman–Crippen LogP) is 2.77. The standard InChI is InChI=1S/C12H15F2NO/c1-9-8-10(2-3-11(9)12(13)14)15-4-6-16-7-5-15/h2-3,8,12H,4-7H2,1H3. The average Bonchev–Trinajstić information content (AvgIpc) is 2.29. The normalized spacial score (nSPS) is 16.9. The van der Waals surface area contributed by atoms with Gasteiger partial charge in [0.2, 0.25) is 0 Å². The molecule has 1 heterocycles. The highest BCUT2D eigenvalue weighted by atomic mass is 19.3. The smallest absolute Gasteiger partial charge is 0.264 e. The Balaban J connectivity index is 2.19. The zero-order chi connectivity index (χ0) is 11.5. The van der Waals surface area contributed by atoms with Crippen LogP contribution >= 0.6 is 0 Å². The number of alkyl halides is 2. The molecule has 1 aromatic rings. The van der Waals surface area contributed by atoms with Crippen molar-refractivity contribution in [3.8, 4) is 0 Å². The minimum absolute atomic E-state index is 0.122. The molecule has 1 fully saturated rings. The fraction of sp³-hybridized carbons (Fsp3) is 0.500. The molecule has 0 unspecified atom stereocenters. The maximum Gasteiger partial charge on any atom is 0.264 e. The van der Waals surface area contributed by atoms with E-state index in [2.05, 4.69) is 4.90 Å². The topological polar surface area (TPSA) is 12.5 Å². The van der Waals surface area contributed by atoms with Gasteiger partial charge in [0.1, 0.15) is 0 Å². The van der Waals surface area contributed by atoms with Crippen LogP contribution in [0.15, 0.2) is 18.2 Å². The van der Waals surface area contributed by atoms with Gasteiger partial charge in [0, 0.05) is 24.3 Å². The van der Waals surface area contributed by atoms with Gasteiger partial charge in [0.05, 0.1) is 13.2 Å². The van der Waals surface area contributed by atoms with Crippen LogP contribution < -0.4 is 4.90 Å². The lowest BCUT2D eigenvalue weighted by Crippen LogP contribution is -2.36. The Kier molecular flexibility index (Phi) is 3.39. The molecular formula is C12H15F2NO. The SMILES string of the molecule is Cc1cc(N2CCOCC2)ccc1C(F)F. The monoisotopic (exact) mass is 227 g/mol.